The lowest BCUT2D eigenvalue weighted by Crippen LogP contribution is -2.48. The van der Waals surface area contributed by atoms with Crippen LogP contribution < -0.4 is 5.32 Å². The van der Waals surface area contributed by atoms with Gasteiger partial charge in [0.2, 0.25) is 0 Å². The Morgan fingerprint density at radius 1 is 1.44 bits per heavy atom. The second kappa shape index (κ2) is 6.09. The number of carbonyl (C=O) groups excluding carboxylic acids is 1. The molecule has 2 amide bonds. The van der Waals surface area contributed by atoms with Gasteiger partial charge in [-0.25, -0.2) is 4.79 Å². The number of carbonyl (C=O) groups is 1. The summed E-state index contributed by atoms with van der Waals surface area (Å²) in [5.41, 5.74) is 0. The minimum Gasteiger partial charge on any atom is -0.395 e. The molecule has 3 unspecified atom stereocenters. The average molecular weight is 228 g/mol. The zero-order valence-electron chi connectivity index (χ0n) is 10.6. The van der Waals surface area contributed by atoms with Gasteiger partial charge in [0.1, 0.15) is 0 Å². The highest BCUT2D eigenvalue weighted by atomic mass is 16.3. The number of hydrogen-bond acceptors (Lipinski definition) is 2. The van der Waals surface area contributed by atoms with Gasteiger partial charge >= 0.3 is 6.03 Å². The summed E-state index contributed by atoms with van der Waals surface area (Å²) in [4.78, 5) is 13.3. The van der Waals surface area contributed by atoms with E-state index in [0.717, 1.165) is 6.42 Å². The number of aliphatic hydroxyl groups excluding tert-OH is 1. The Hall–Kier alpha value is -0.770. The summed E-state index contributed by atoms with van der Waals surface area (Å²) in [5.74, 6) is 1.22. The van der Waals surface area contributed by atoms with E-state index in [9.17, 15) is 4.79 Å². The number of urea groups is 1. The van der Waals surface area contributed by atoms with Crippen LogP contribution in [0.25, 0.3) is 0 Å². The number of likely N-dealkylation sites (N-methyl/N-ethyl adjacent to an activating group) is 1. The lowest BCUT2D eigenvalue weighted by atomic mass is 9.78. The molecule has 4 heteroatoms. The van der Waals surface area contributed by atoms with Crippen LogP contribution in [0.3, 0.4) is 0 Å². The fraction of sp³-hybridized carbons (Fsp3) is 0.917. The number of hydrogen-bond donors (Lipinski definition) is 2. The maximum atomic E-state index is 11.8. The van der Waals surface area contributed by atoms with Gasteiger partial charge in [0, 0.05) is 19.6 Å². The Morgan fingerprint density at radius 3 is 2.75 bits per heavy atom. The molecule has 1 saturated carbocycles. The van der Waals surface area contributed by atoms with Crippen molar-refractivity contribution < 1.29 is 9.90 Å². The topological polar surface area (TPSA) is 52.6 Å². The summed E-state index contributed by atoms with van der Waals surface area (Å²) in [5, 5.41) is 11.8. The summed E-state index contributed by atoms with van der Waals surface area (Å²) in [7, 11) is 1.71. The first kappa shape index (κ1) is 13.3. The summed E-state index contributed by atoms with van der Waals surface area (Å²) in [6.45, 7) is 4.87. The molecule has 3 atom stereocenters. The standard InChI is InChI=1S/C12H24N2O2/c1-9-5-4-6-11(10(9)2)13-12(16)14(3)7-8-15/h9-11,15H,4-8H2,1-3H3,(H,13,16). The molecule has 1 aliphatic carbocycles. The highest BCUT2D eigenvalue weighted by Gasteiger charge is 2.28. The Kier molecular flexibility index (Phi) is 5.06. The first-order valence-electron chi connectivity index (χ1n) is 6.18. The first-order valence-corrected chi connectivity index (χ1v) is 6.18. The van der Waals surface area contributed by atoms with E-state index in [-0.39, 0.29) is 18.7 Å². The Labute approximate surface area is 98.0 Å². The Morgan fingerprint density at radius 2 is 2.12 bits per heavy atom. The number of nitrogens with zero attached hydrogens (tertiary/aromatic N) is 1. The van der Waals surface area contributed by atoms with Gasteiger partial charge in [-0.15, -0.1) is 0 Å². The molecule has 2 N–H and O–H groups in total. The van der Waals surface area contributed by atoms with Gasteiger partial charge < -0.3 is 15.3 Å². The normalized spacial score (nSPS) is 29.9. The van der Waals surface area contributed by atoms with Crippen molar-refractivity contribution >= 4 is 6.03 Å². The van der Waals surface area contributed by atoms with Gasteiger partial charge in [-0.3, -0.25) is 0 Å². The van der Waals surface area contributed by atoms with Crippen molar-refractivity contribution in [2.24, 2.45) is 11.8 Å². The Balaban J connectivity index is 2.43. The maximum Gasteiger partial charge on any atom is 0.317 e. The van der Waals surface area contributed by atoms with E-state index in [1.165, 1.54) is 17.7 Å². The molecule has 94 valence electrons. The molecule has 0 aromatic carbocycles. The van der Waals surface area contributed by atoms with Crippen molar-refractivity contribution in [3.05, 3.63) is 0 Å². The fourth-order valence-corrected chi connectivity index (χ4v) is 2.31. The van der Waals surface area contributed by atoms with Crippen molar-refractivity contribution in [1.82, 2.24) is 10.2 Å². The van der Waals surface area contributed by atoms with Gasteiger partial charge in [0.25, 0.3) is 0 Å². The van der Waals surface area contributed by atoms with Gasteiger partial charge in [0.05, 0.1) is 6.61 Å². The molecule has 0 radical (unpaired) electrons. The largest absolute Gasteiger partial charge is 0.395 e. The summed E-state index contributed by atoms with van der Waals surface area (Å²) in [6.07, 6.45) is 3.53. The predicted octanol–water partition coefficient (Wildman–Crippen LogP) is 1.44. The maximum absolute atomic E-state index is 11.8. The second-order valence-corrected chi connectivity index (χ2v) is 4.97. The van der Waals surface area contributed by atoms with Crippen molar-refractivity contribution in [1.29, 1.82) is 0 Å². The van der Waals surface area contributed by atoms with E-state index in [1.807, 2.05) is 0 Å². The third-order valence-corrected chi connectivity index (χ3v) is 3.80. The molecule has 0 bridgehead atoms. The molecule has 4 nitrogen and oxygen atoms in total. The third kappa shape index (κ3) is 3.37. The number of nitrogens with one attached hydrogen (secondary N) is 1. The molecular formula is C12H24N2O2. The van der Waals surface area contributed by atoms with E-state index in [2.05, 4.69) is 19.2 Å². The van der Waals surface area contributed by atoms with Crippen LogP contribution in [0.2, 0.25) is 0 Å². The highest BCUT2D eigenvalue weighted by molar-refractivity contribution is 5.74. The zero-order chi connectivity index (χ0) is 12.1. The van der Waals surface area contributed by atoms with E-state index in [0.29, 0.717) is 18.4 Å². The van der Waals surface area contributed by atoms with Gasteiger partial charge in [-0.05, 0) is 18.3 Å². The summed E-state index contributed by atoms with van der Waals surface area (Å²) < 4.78 is 0. The second-order valence-electron chi connectivity index (χ2n) is 4.97. The van der Waals surface area contributed by atoms with E-state index >= 15 is 0 Å². The van der Waals surface area contributed by atoms with Crippen LogP contribution in [-0.2, 0) is 0 Å². The van der Waals surface area contributed by atoms with E-state index in [1.54, 1.807) is 7.05 Å². The highest BCUT2D eigenvalue weighted by Crippen LogP contribution is 2.29. The molecule has 0 aliphatic heterocycles. The molecule has 0 saturated heterocycles. The molecule has 16 heavy (non-hydrogen) atoms. The minimum atomic E-state index is -0.0694. The number of rotatable bonds is 3. The van der Waals surface area contributed by atoms with Crippen molar-refractivity contribution in [3.63, 3.8) is 0 Å². The van der Waals surface area contributed by atoms with Crippen LogP contribution >= 0.6 is 0 Å². The minimum absolute atomic E-state index is 0.0144. The third-order valence-electron chi connectivity index (χ3n) is 3.80. The van der Waals surface area contributed by atoms with Crippen LogP contribution in [0.1, 0.15) is 33.1 Å². The van der Waals surface area contributed by atoms with E-state index in [4.69, 9.17) is 5.11 Å². The van der Waals surface area contributed by atoms with Crippen LogP contribution in [-0.4, -0.2) is 42.3 Å². The predicted molar refractivity (Wildman–Crippen MR) is 64.2 cm³/mol. The molecule has 0 heterocycles. The lowest BCUT2D eigenvalue weighted by molar-refractivity contribution is 0.165. The van der Waals surface area contributed by atoms with E-state index < -0.39 is 0 Å². The lowest BCUT2D eigenvalue weighted by Gasteiger charge is -2.35. The van der Waals surface area contributed by atoms with Crippen LogP contribution in [0.5, 0.6) is 0 Å². The van der Waals surface area contributed by atoms with Gasteiger partial charge in [0.15, 0.2) is 0 Å². The van der Waals surface area contributed by atoms with Crippen LogP contribution in [0.4, 0.5) is 4.79 Å². The first-order chi connectivity index (χ1) is 7.56. The molecule has 1 aliphatic rings. The smallest absolute Gasteiger partial charge is 0.317 e. The number of amides is 2. The molecule has 0 aromatic heterocycles. The quantitative estimate of drug-likeness (QED) is 0.768. The Bertz CT molecular complexity index is 233. The zero-order valence-corrected chi connectivity index (χ0v) is 10.6. The fourth-order valence-electron chi connectivity index (χ4n) is 2.31. The summed E-state index contributed by atoms with van der Waals surface area (Å²) >= 11 is 0. The van der Waals surface area contributed by atoms with Crippen LogP contribution in [0, 0.1) is 11.8 Å². The number of aliphatic hydroxyl groups is 1. The van der Waals surface area contributed by atoms with Gasteiger partial charge in [-0.2, -0.15) is 0 Å². The van der Waals surface area contributed by atoms with Crippen molar-refractivity contribution in [2.45, 2.75) is 39.2 Å². The summed E-state index contributed by atoms with van der Waals surface area (Å²) in [6, 6.07) is 0.220. The molecule has 0 spiro atoms. The molecule has 1 rings (SSSR count). The van der Waals surface area contributed by atoms with Gasteiger partial charge in [-0.1, -0.05) is 26.7 Å². The van der Waals surface area contributed by atoms with Crippen molar-refractivity contribution in [2.75, 3.05) is 20.2 Å². The average Bonchev–Trinajstić information content (AvgIpc) is 2.25. The molecular weight excluding hydrogens is 204 g/mol. The molecule has 0 aromatic rings. The molecule has 1 fully saturated rings. The SMILES string of the molecule is CC1CCCC(NC(=O)N(C)CCO)C1C. The monoisotopic (exact) mass is 228 g/mol. The van der Waals surface area contributed by atoms with Crippen molar-refractivity contribution in [3.8, 4) is 0 Å². The van der Waals surface area contributed by atoms with Crippen LogP contribution in [0.15, 0.2) is 0 Å².